The van der Waals surface area contributed by atoms with Gasteiger partial charge in [0.1, 0.15) is 0 Å². The molecule has 0 atom stereocenters. The zero-order chi connectivity index (χ0) is 22.9. The number of nitrogens with one attached hydrogen (secondary N) is 1. The molecule has 1 aliphatic heterocycles. The topological polar surface area (TPSA) is 87.1 Å². The molecule has 1 fully saturated rings. The van der Waals surface area contributed by atoms with Crippen molar-refractivity contribution in [1.29, 1.82) is 0 Å². The number of benzene rings is 2. The number of fused-ring (bicyclic) bond motifs is 1. The number of amides is 1. The maximum atomic E-state index is 13.5. The molecule has 5 rings (SSSR count). The van der Waals surface area contributed by atoms with Crippen molar-refractivity contribution in [2.75, 3.05) is 31.1 Å². The number of nitrogens with zero attached hydrogens (tertiary/aromatic N) is 5. The molecule has 1 saturated heterocycles. The molecule has 0 unspecified atom stereocenters. The normalized spacial score (nSPS) is 14.5. The lowest BCUT2D eigenvalue weighted by atomic mass is 10.1. The third kappa shape index (κ3) is 4.21. The minimum atomic E-state index is -0.224. The summed E-state index contributed by atoms with van der Waals surface area (Å²) in [6.45, 7) is 4.37. The van der Waals surface area contributed by atoms with Crippen LogP contribution in [0.3, 0.4) is 0 Å². The molecule has 8 nitrogen and oxygen atoms in total. The highest BCUT2D eigenvalue weighted by molar-refractivity contribution is 6.31. The van der Waals surface area contributed by atoms with Crippen LogP contribution in [-0.4, -0.2) is 56.7 Å². The minimum absolute atomic E-state index is 0.0272. The van der Waals surface area contributed by atoms with Crippen LogP contribution >= 0.6 is 11.6 Å². The van der Waals surface area contributed by atoms with Crippen LogP contribution in [0.25, 0.3) is 16.6 Å². The van der Waals surface area contributed by atoms with Crippen molar-refractivity contribution in [2.45, 2.75) is 13.3 Å². The fraction of sp³-hybridized carbons (Fsp3) is 0.250. The molecule has 2 aromatic carbocycles. The summed E-state index contributed by atoms with van der Waals surface area (Å²) in [6, 6.07) is 12.7. The van der Waals surface area contributed by atoms with E-state index < -0.39 is 0 Å². The largest absolute Gasteiger partial charge is 0.340 e. The third-order valence-electron chi connectivity index (χ3n) is 5.87. The second-order valence-electron chi connectivity index (χ2n) is 8.16. The molecule has 0 saturated carbocycles. The molecule has 0 aliphatic carbocycles. The summed E-state index contributed by atoms with van der Waals surface area (Å²) in [7, 11) is 0. The fourth-order valence-electron chi connectivity index (χ4n) is 4.18. The van der Waals surface area contributed by atoms with Crippen LogP contribution in [0.2, 0.25) is 5.02 Å². The summed E-state index contributed by atoms with van der Waals surface area (Å²) in [5.74, 6) is 0.484. The lowest BCUT2D eigenvalue weighted by Crippen LogP contribution is -2.36. The van der Waals surface area contributed by atoms with Gasteiger partial charge in [-0.2, -0.15) is 5.10 Å². The molecule has 2 aromatic heterocycles. The van der Waals surface area contributed by atoms with Crippen molar-refractivity contribution < 1.29 is 4.79 Å². The number of rotatable bonds is 3. The van der Waals surface area contributed by atoms with Gasteiger partial charge in [-0.1, -0.05) is 23.2 Å². The predicted octanol–water partition coefficient (Wildman–Crippen LogP) is 3.42. The van der Waals surface area contributed by atoms with Crippen molar-refractivity contribution in [3.05, 3.63) is 81.4 Å². The summed E-state index contributed by atoms with van der Waals surface area (Å²) in [5, 5.41) is 5.26. The van der Waals surface area contributed by atoms with Gasteiger partial charge in [0.05, 0.1) is 22.2 Å². The van der Waals surface area contributed by atoms with Gasteiger partial charge in [-0.3, -0.25) is 14.6 Å². The second-order valence-corrected chi connectivity index (χ2v) is 8.59. The molecule has 0 radical (unpaired) electrons. The van der Waals surface area contributed by atoms with Gasteiger partial charge in [0.2, 0.25) is 5.95 Å². The molecule has 33 heavy (non-hydrogen) atoms. The van der Waals surface area contributed by atoms with Crippen molar-refractivity contribution >= 4 is 34.4 Å². The highest BCUT2D eigenvalue weighted by atomic mass is 35.5. The summed E-state index contributed by atoms with van der Waals surface area (Å²) in [5.41, 5.74) is 2.78. The van der Waals surface area contributed by atoms with Gasteiger partial charge >= 0.3 is 0 Å². The standard InChI is InChI=1S/C24H23ClN6O2/c1-16-4-7-21(31-11-2-8-26-31)19(14-16)23(33)29-9-3-10-30(13-12-29)24-27-20-6-5-17(25)15-18(20)22(32)28-24/h2,4-8,11,14-15H,3,9-10,12-13H2,1H3,(H,27,28,32). The fourth-order valence-corrected chi connectivity index (χ4v) is 4.36. The Hall–Kier alpha value is -3.65. The van der Waals surface area contributed by atoms with E-state index >= 15 is 0 Å². The summed E-state index contributed by atoms with van der Waals surface area (Å²) in [6.07, 6.45) is 4.29. The SMILES string of the molecule is Cc1ccc(-n2cccn2)c(C(=O)N2CCCN(c3nc4ccc(Cl)cc4c(=O)[nH]3)CC2)c1. The number of aryl methyl sites for hydroxylation is 1. The van der Waals surface area contributed by atoms with E-state index in [9.17, 15) is 9.59 Å². The van der Waals surface area contributed by atoms with Gasteiger partial charge in [0.15, 0.2) is 0 Å². The van der Waals surface area contributed by atoms with E-state index in [1.165, 1.54) is 0 Å². The summed E-state index contributed by atoms with van der Waals surface area (Å²) >= 11 is 6.02. The molecule has 0 spiro atoms. The van der Waals surface area contributed by atoms with Crippen LogP contribution in [0.4, 0.5) is 5.95 Å². The van der Waals surface area contributed by atoms with Gasteiger partial charge < -0.3 is 9.80 Å². The van der Waals surface area contributed by atoms with Crippen LogP contribution in [0.5, 0.6) is 0 Å². The van der Waals surface area contributed by atoms with Crippen molar-refractivity contribution in [2.24, 2.45) is 0 Å². The lowest BCUT2D eigenvalue weighted by Gasteiger charge is -2.23. The van der Waals surface area contributed by atoms with Gasteiger partial charge in [-0.25, -0.2) is 9.67 Å². The molecule has 1 amide bonds. The van der Waals surface area contributed by atoms with Crippen LogP contribution in [-0.2, 0) is 0 Å². The van der Waals surface area contributed by atoms with E-state index in [1.54, 1.807) is 29.1 Å². The Morgan fingerprint density at radius 2 is 1.97 bits per heavy atom. The Labute approximate surface area is 195 Å². The van der Waals surface area contributed by atoms with Crippen LogP contribution in [0.1, 0.15) is 22.3 Å². The Morgan fingerprint density at radius 3 is 2.79 bits per heavy atom. The quantitative estimate of drug-likeness (QED) is 0.504. The molecule has 4 aromatic rings. The molecule has 1 aliphatic rings. The average molecular weight is 463 g/mol. The van der Waals surface area contributed by atoms with E-state index in [1.807, 2.05) is 47.2 Å². The van der Waals surface area contributed by atoms with Crippen LogP contribution in [0.15, 0.2) is 59.7 Å². The number of hydrogen-bond donors (Lipinski definition) is 1. The molecule has 3 heterocycles. The number of halogens is 1. The number of aromatic amines is 1. The van der Waals surface area contributed by atoms with Crippen molar-refractivity contribution in [3.8, 4) is 5.69 Å². The van der Waals surface area contributed by atoms with Gasteiger partial charge in [-0.05, 0) is 49.7 Å². The third-order valence-corrected chi connectivity index (χ3v) is 6.11. The highest BCUT2D eigenvalue weighted by Crippen LogP contribution is 2.21. The van der Waals surface area contributed by atoms with Crippen LogP contribution in [0, 0.1) is 6.92 Å². The lowest BCUT2D eigenvalue weighted by molar-refractivity contribution is 0.0766. The van der Waals surface area contributed by atoms with Crippen molar-refractivity contribution in [1.82, 2.24) is 24.6 Å². The Balaban J connectivity index is 1.39. The Kier molecular flexibility index (Phi) is 5.60. The van der Waals surface area contributed by atoms with Gasteiger partial charge in [0, 0.05) is 43.6 Å². The summed E-state index contributed by atoms with van der Waals surface area (Å²) in [4.78, 5) is 37.5. The second kappa shape index (κ2) is 8.71. The first-order valence-electron chi connectivity index (χ1n) is 10.8. The van der Waals surface area contributed by atoms with Gasteiger partial charge in [-0.15, -0.1) is 0 Å². The molecule has 168 valence electrons. The maximum absolute atomic E-state index is 13.5. The monoisotopic (exact) mass is 462 g/mol. The van der Waals surface area contributed by atoms with E-state index in [0.717, 1.165) is 17.7 Å². The molecular weight excluding hydrogens is 440 g/mol. The zero-order valence-electron chi connectivity index (χ0n) is 18.2. The first kappa shape index (κ1) is 21.2. The van der Waals surface area contributed by atoms with Gasteiger partial charge in [0.25, 0.3) is 11.5 Å². The summed E-state index contributed by atoms with van der Waals surface area (Å²) < 4.78 is 1.72. The molecule has 9 heteroatoms. The highest BCUT2D eigenvalue weighted by Gasteiger charge is 2.24. The molecule has 0 bridgehead atoms. The number of carbonyl (C=O) groups is 1. The zero-order valence-corrected chi connectivity index (χ0v) is 18.9. The number of hydrogen-bond acceptors (Lipinski definition) is 5. The Bertz CT molecular complexity index is 1380. The first-order chi connectivity index (χ1) is 16.0. The molecule has 1 N–H and O–H groups in total. The number of H-pyrrole nitrogens is 1. The Morgan fingerprint density at radius 1 is 1.09 bits per heavy atom. The minimum Gasteiger partial charge on any atom is -0.340 e. The molecular formula is C24H23ClN6O2. The predicted molar refractivity (Wildman–Crippen MR) is 128 cm³/mol. The van der Waals surface area contributed by atoms with E-state index in [2.05, 4.69) is 15.1 Å². The number of carbonyl (C=O) groups excluding carboxylic acids is 1. The first-order valence-corrected chi connectivity index (χ1v) is 11.2. The van der Waals surface area contributed by atoms with Crippen molar-refractivity contribution in [3.63, 3.8) is 0 Å². The van der Waals surface area contributed by atoms with E-state index in [0.29, 0.717) is 53.6 Å². The van der Waals surface area contributed by atoms with E-state index in [4.69, 9.17) is 11.6 Å². The van der Waals surface area contributed by atoms with Crippen LogP contribution < -0.4 is 10.5 Å². The average Bonchev–Trinajstić information content (AvgIpc) is 3.23. The number of aromatic nitrogens is 4. The number of anilines is 1. The smallest absolute Gasteiger partial charge is 0.260 e. The maximum Gasteiger partial charge on any atom is 0.260 e. The van der Waals surface area contributed by atoms with E-state index in [-0.39, 0.29) is 11.5 Å².